The predicted molar refractivity (Wildman–Crippen MR) is 188 cm³/mol. The number of nitrogens with one attached hydrogen (secondary N) is 2. The van der Waals surface area contributed by atoms with Gasteiger partial charge in [0.2, 0.25) is 5.91 Å². The van der Waals surface area contributed by atoms with Crippen molar-refractivity contribution in [2.75, 3.05) is 24.4 Å². The van der Waals surface area contributed by atoms with Gasteiger partial charge < -0.3 is 29.6 Å². The molecule has 3 amide bonds. The quantitative estimate of drug-likeness (QED) is 0.167. The average Bonchev–Trinajstić information content (AvgIpc) is 3.61. The number of nitrogens with zero attached hydrogens (tertiary/aromatic N) is 3. The number of hydrogen-bond acceptors (Lipinski definition) is 7. The maximum atomic E-state index is 13.6. The molecule has 0 unspecified atom stereocenters. The summed E-state index contributed by atoms with van der Waals surface area (Å²) in [5, 5.41) is 6.91. The van der Waals surface area contributed by atoms with Crippen LogP contribution in [0.3, 0.4) is 0 Å². The Bertz CT molecular complexity index is 2100. The number of hydrogen-bond donors (Lipinski definition) is 2. The molecule has 1 atom stereocenters. The number of anilines is 2. The molecule has 0 radical (unpaired) electrons. The second-order valence-corrected chi connectivity index (χ2v) is 13.3. The topological polar surface area (TPSA) is 114 Å². The highest BCUT2D eigenvalue weighted by Crippen LogP contribution is 2.38. The van der Waals surface area contributed by atoms with E-state index in [1.807, 2.05) is 41.4 Å². The maximum absolute atomic E-state index is 13.6. The molecule has 0 fully saturated rings. The predicted octanol–water partition coefficient (Wildman–Crippen LogP) is 6.89. The van der Waals surface area contributed by atoms with Crippen molar-refractivity contribution in [1.29, 1.82) is 0 Å². The molecule has 10 nitrogen and oxygen atoms in total. The zero-order valence-corrected chi connectivity index (χ0v) is 27.7. The van der Waals surface area contributed by atoms with Gasteiger partial charge in [0.05, 0.1) is 36.7 Å². The van der Waals surface area contributed by atoms with E-state index >= 15 is 0 Å². The molecule has 48 heavy (non-hydrogen) atoms. The fraction of sp³-hybridized carbons (Fsp3) is 0.243. The largest absolute Gasteiger partial charge is 0.493 e. The second kappa shape index (κ2) is 13.0. The number of ether oxygens (including phenoxy) is 2. The summed E-state index contributed by atoms with van der Waals surface area (Å²) < 4.78 is 14.5. The van der Waals surface area contributed by atoms with Crippen molar-refractivity contribution in [2.24, 2.45) is 12.0 Å². The van der Waals surface area contributed by atoms with Gasteiger partial charge in [-0.2, -0.15) is 0 Å². The molecule has 2 aliphatic heterocycles. The molecule has 2 aliphatic rings. The molecule has 2 N–H and O–H groups in total. The third-order valence-corrected chi connectivity index (χ3v) is 9.70. The van der Waals surface area contributed by atoms with Gasteiger partial charge in [0.25, 0.3) is 11.8 Å². The van der Waals surface area contributed by atoms with Crippen LogP contribution in [0, 0.1) is 6.92 Å². The van der Waals surface area contributed by atoms with E-state index in [-0.39, 0.29) is 36.8 Å². The van der Waals surface area contributed by atoms with Gasteiger partial charge in [-0.15, -0.1) is 11.3 Å². The third kappa shape index (κ3) is 6.28. The summed E-state index contributed by atoms with van der Waals surface area (Å²) in [6.45, 7) is 2.84. The molecular weight excluding hydrogens is 627 g/mol. The smallest absolute Gasteiger partial charge is 0.272 e. The number of amides is 3. The molecule has 0 saturated carbocycles. The lowest BCUT2D eigenvalue weighted by Crippen LogP contribution is -2.44. The third-order valence-electron chi connectivity index (χ3n) is 8.67. The Kier molecular flexibility index (Phi) is 8.45. The number of fused-ring (bicyclic) bond motifs is 4. The van der Waals surface area contributed by atoms with Crippen LogP contribution in [-0.2, 0) is 24.8 Å². The number of carbonyl (C=O) groups excluding carboxylic acids is 3. The second-order valence-electron chi connectivity index (χ2n) is 12.1. The van der Waals surface area contributed by atoms with Crippen molar-refractivity contribution in [3.8, 4) is 11.5 Å². The standard InChI is InChI=1S/C37H35N5O5S/c1-22-13-25-14-26(10-11-34(25)48-22)40-36(44)31-16-27(21-41(31)2)39-35(43)9-6-12-47-33-18-30-29(17-32(33)46-3)37(45)42-20-24-8-5-4-7-23(24)15-28(42)19-38-30/h4-5,7-8,10-11,13-14,16-19,21,28H,6,9,12,15,20H2,1-3H3,(H,39,43)(H,40,44)/t28-/m0/s1. The van der Waals surface area contributed by atoms with Crippen LogP contribution in [0.15, 0.2) is 77.9 Å². The number of benzene rings is 3. The van der Waals surface area contributed by atoms with E-state index in [9.17, 15) is 14.4 Å². The highest BCUT2D eigenvalue weighted by atomic mass is 32.1. The minimum absolute atomic E-state index is 0.0972. The zero-order valence-electron chi connectivity index (χ0n) is 26.9. The van der Waals surface area contributed by atoms with Crippen LogP contribution in [-0.4, -0.2) is 53.2 Å². The lowest BCUT2D eigenvalue weighted by Gasteiger charge is -2.34. The monoisotopic (exact) mass is 661 g/mol. The Hall–Kier alpha value is -5.42. The number of aryl methyl sites for hydroxylation is 2. The minimum atomic E-state index is -0.264. The first-order valence-corrected chi connectivity index (χ1v) is 16.6. The summed E-state index contributed by atoms with van der Waals surface area (Å²) in [6.07, 6.45) is 4.91. The molecule has 11 heteroatoms. The fourth-order valence-corrected chi connectivity index (χ4v) is 7.17. The molecule has 5 aromatic rings. The number of carbonyl (C=O) groups is 3. The first-order chi connectivity index (χ1) is 23.2. The van der Waals surface area contributed by atoms with Crippen LogP contribution >= 0.6 is 11.3 Å². The molecule has 4 heterocycles. The fourth-order valence-electron chi connectivity index (χ4n) is 6.27. The van der Waals surface area contributed by atoms with Crippen molar-refractivity contribution in [3.05, 3.63) is 100 Å². The molecule has 0 aliphatic carbocycles. The maximum Gasteiger partial charge on any atom is 0.272 e. The van der Waals surface area contributed by atoms with Crippen molar-refractivity contribution in [1.82, 2.24) is 9.47 Å². The summed E-state index contributed by atoms with van der Waals surface area (Å²) in [5.74, 6) is 0.325. The van der Waals surface area contributed by atoms with Crippen LogP contribution in [0.5, 0.6) is 11.5 Å². The Morgan fingerprint density at radius 2 is 1.83 bits per heavy atom. The lowest BCUT2D eigenvalue weighted by molar-refractivity contribution is -0.116. The molecule has 3 aromatic carbocycles. The summed E-state index contributed by atoms with van der Waals surface area (Å²) in [4.78, 5) is 47.1. The van der Waals surface area contributed by atoms with Gasteiger partial charge in [0.15, 0.2) is 11.5 Å². The van der Waals surface area contributed by atoms with E-state index in [4.69, 9.17) is 9.47 Å². The Morgan fingerprint density at radius 3 is 2.67 bits per heavy atom. The molecule has 2 aromatic heterocycles. The first kappa shape index (κ1) is 31.2. The van der Waals surface area contributed by atoms with Crippen LogP contribution in [0.1, 0.15) is 49.7 Å². The molecular formula is C37H35N5O5S. The molecule has 0 saturated heterocycles. The van der Waals surface area contributed by atoms with E-state index < -0.39 is 0 Å². The van der Waals surface area contributed by atoms with E-state index in [0.29, 0.717) is 59.2 Å². The molecule has 7 rings (SSSR count). The van der Waals surface area contributed by atoms with Crippen LogP contribution in [0.2, 0.25) is 0 Å². The van der Waals surface area contributed by atoms with Gasteiger partial charge in [-0.3, -0.25) is 19.4 Å². The Labute approximate surface area is 282 Å². The van der Waals surface area contributed by atoms with Crippen molar-refractivity contribution in [2.45, 2.75) is 38.8 Å². The van der Waals surface area contributed by atoms with Crippen molar-refractivity contribution in [3.63, 3.8) is 0 Å². The van der Waals surface area contributed by atoms with Gasteiger partial charge in [0, 0.05) is 53.8 Å². The van der Waals surface area contributed by atoms with E-state index in [1.165, 1.54) is 22.3 Å². The number of methoxy groups -OCH3 is 1. The van der Waals surface area contributed by atoms with E-state index in [1.54, 1.807) is 47.3 Å². The normalized spacial score (nSPS) is 14.9. The number of aromatic nitrogens is 1. The van der Waals surface area contributed by atoms with Gasteiger partial charge in [-0.1, -0.05) is 24.3 Å². The van der Waals surface area contributed by atoms with Crippen molar-refractivity contribution >= 4 is 62.4 Å². The molecule has 244 valence electrons. The highest BCUT2D eigenvalue weighted by molar-refractivity contribution is 7.19. The van der Waals surface area contributed by atoms with Crippen LogP contribution < -0.4 is 20.1 Å². The van der Waals surface area contributed by atoms with Gasteiger partial charge in [0.1, 0.15) is 5.69 Å². The van der Waals surface area contributed by atoms with Gasteiger partial charge >= 0.3 is 0 Å². The summed E-state index contributed by atoms with van der Waals surface area (Å²) in [5.41, 5.74) is 5.03. The number of aliphatic imine (C=N–C) groups is 1. The van der Waals surface area contributed by atoms with Gasteiger partial charge in [-0.05, 0) is 72.7 Å². The SMILES string of the molecule is COc1cc2c(cc1OCCCC(=O)Nc1cc(C(=O)Nc3ccc4sc(C)cc4c3)n(C)c1)N=C[C@@H]1Cc3ccccc3CN1C2=O. The summed E-state index contributed by atoms with van der Waals surface area (Å²) in [6, 6.07) is 21.1. The first-order valence-electron chi connectivity index (χ1n) is 15.8. The minimum Gasteiger partial charge on any atom is -0.493 e. The molecule has 0 bridgehead atoms. The van der Waals surface area contributed by atoms with Crippen LogP contribution in [0.4, 0.5) is 17.1 Å². The summed E-state index contributed by atoms with van der Waals surface area (Å²) in [7, 11) is 3.30. The van der Waals surface area contributed by atoms with Crippen molar-refractivity contribution < 1.29 is 23.9 Å². The number of rotatable bonds is 9. The van der Waals surface area contributed by atoms with Gasteiger partial charge in [-0.25, -0.2) is 0 Å². The zero-order chi connectivity index (χ0) is 33.4. The Balaban J connectivity index is 0.941. The molecule has 0 spiro atoms. The highest BCUT2D eigenvalue weighted by Gasteiger charge is 2.33. The van der Waals surface area contributed by atoms with E-state index in [0.717, 1.165) is 10.9 Å². The Morgan fingerprint density at radius 1 is 1.00 bits per heavy atom. The lowest BCUT2D eigenvalue weighted by atomic mass is 9.94. The average molecular weight is 662 g/mol. The van der Waals surface area contributed by atoms with Crippen LogP contribution in [0.25, 0.3) is 10.1 Å². The summed E-state index contributed by atoms with van der Waals surface area (Å²) >= 11 is 1.71. The van der Waals surface area contributed by atoms with E-state index in [2.05, 4.69) is 40.7 Å². The number of thiophene rings is 1.